The van der Waals surface area contributed by atoms with Gasteiger partial charge in [-0.2, -0.15) is 4.31 Å². The van der Waals surface area contributed by atoms with Crippen LogP contribution in [0.2, 0.25) is 0 Å². The normalized spacial score (nSPS) is 22.4. The highest BCUT2D eigenvalue weighted by Gasteiger charge is 2.30. The van der Waals surface area contributed by atoms with Crippen LogP contribution in [0.25, 0.3) is 0 Å². The smallest absolute Gasteiger partial charge is 0.243 e. The van der Waals surface area contributed by atoms with Crippen LogP contribution in [0.4, 0.5) is 5.69 Å². The molecule has 0 spiro atoms. The summed E-state index contributed by atoms with van der Waals surface area (Å²) in [6.45, 7) is 7.19. The molecule has 2 amide bonds. The van der Waals surface area contributed by atoms with Crippen molar-refractivity contribution in [3.8, 4) is 0 Å². The SMILES string of the molecule is C[C@H]1CCCN(CCCNC(=O)CN2C(=O)CCc3cc(S(=O)(=O)N4CCCCC4)ccc32)C1. The molecular weight excluding hydrogens is 452 g/mol. The van der Waals surface area contributed by atoms with E-state index < -0.39 is 10.0 Å². The Labute approximate surface area is 203 Å². The lowest BCUT2D eigenvalue weighted by atomic mass is 10.0. The molecule has 8 nitrogen and oxygen atoms in total. The zero-order valence-corrected chi connectivity index (χ0v) is 21.1. The standard InChI is InChI=1S/C25H38N4O4S/c1-20-7-5-13-27(18-20)14-6-12-26-24(30)19-29-23-10-9-22(17-21(23)8-11-25(29)31)34(32,33)28-15-3-2-4-16-28/h9-10,17,20H,2-8,11-16,18-19H2,1H3,(H,26,30)/t20-/m0/s1. The number of likely N-dealkylation sites (tertiary alicyclic amines) is 1. The second-order valence-corrected chi connectivity index (χ2v) is 11.9. The molecule has 0 saturated carbocycles. The molecule has 2 saturated heterocycles. The number of sulfonamides is 1. The van der Waals surface area contributed by atoms with Crippen LogP contribution in [-0.2, 0) is 26.0 Å². The van der Waals surface area contributed by atoms with Crippen molar-refractivity contribution in [2.24, 2.45) is 5.92 Å². The highest BCUT2D eigenvalue weighted by atomic mass is 32.2. The Balaban J connectivity index is 1.34. The summed E-state index contributed by atoms with van der Waals surface area (Å²) in [5, 5.41) is 2.95. The Morgan fingerprint density at radius 2 is 1.88 bits per heavy atom. The molecular formula is C25H38N4O4S. The fourth-order valence-corrected chi connectivity index (χ4v) is 6.91. The van der Waals surface area contributed by atoms with E-state index >= 15 is 0 Å². The second-order valence-electron chi connectivity index (χ2n) is 9.99. The van der Waals surface area contributed by atoms with Gasteiger partial charge in [-0.1, -0.05) is 13.3 Å². The topological polar surface area (TPSA) is 90.0 Å². The van der Waals surface area contributed by atoms with E-state index in [0.717, 1.165) is 56.8 Å². The van der Waals surface area contributed by atoms with Crippen LogP contribution in [0, 0.1) is 5.92 Å². The third kappa shape index (κ3) is 5.98. The van der Waals surface area contributed by atoms with E-state index in [2.05, 4.69) is 17.1 Å². The molecule has 1 N–H and O–H groups in total. The van der Waals surface area contributed by atoms with Gasteiger partial charge in [-0.05, 0) is 81.3 Å². The van der Waals surface area contributed by atoms with E-state index in [1.54, 1.807) is 22.5 Å². The molecule has 0 unspecified atom stereocenters. The summed E-state index contributed by atoms with van der Waals surface area (Å²) in [5.74, 6) is 0.457. The number of anilines is 1. The number of carbonyl (C=O) groups excluding carboxylic acids is 2. The van der Waals surface area contributed by atoms with Crippen molar-refractivity contribution in [3.05, 3.63) is 23.8 Å². The summed E-state index contributed by atoms with van der Waals surface area (Å²) in [6.07, 6.45) is 7.03. The zero-order valence-electron chi connectivity index (χ0n) is 20.3. The van der Waals surface area contributed by atoms with Crippen LogP contribution in [0.1, 0.15) is 57.4 Å². The predicted molar refractivity (Wildman–Crippen MR) is 132 cm³/mol. The van der Waals surface area contributed by atoms with Crippen LogP contribution in [0.15, 0.2) is 23.1 Å². The number of nitrogens with one attached hydrogen (secondary N) is 1. The third-order valence-corrected chi connectivity index (χ3v) is 9.11. The van der Waals surface area contributed by atoms with E-state index in [9.17, 15) is 18.0 Å². The van der Waals surface area contributed by atoms with Gasteiger partial charge in [-0.15, -0.1) is 0 Å². The van der Waals surface area contributed by atoms with E-state index in [4.69, 9.17) is 0 Å². The lowest BCUT2D eigenvalue weighted by molar-refractivity contribution is -0.124. The van der Waals surface area contributed by atoms with Crippen molar-refractivity contribution >= 4 is 27.5 Å². The van der Waals surface area contributed by atoms with Crippen molar-refractivity contribution in [1.82, 2.24) is 14.5 Å². The fraction of sp³-hybridized carbons (Fsp3) is 0.680. The fourth-order valence-electron chi connectivity index (χ4n) is 5.34. The molecule has 2 fully saturated rings. The number of hydrogen-bond donors (Lipinski definition) is 1. The summed E-state index contributed by atoms with van der Waals surface area (Å²) in [4.78, 5) is 29.4. The minimum Gasteiger partial charge on any atom is -0.355 e. The second kappa shape index (κ2) is 11.2. The molecule has 4 rings (SSSR count). The number of amides is 2. The molecule has 1 aromatic carbocycles. The number of fused-ring (bicyclic) bond motifs is 1. The first kappa shape index (κ1) is 25.1. The van der Waals surface area contributed by atoms with Crippen LogP contribution < -0.4 is 10.2 Å². The third-order valence-electron chi connectivity index (χ3n) is 7.22. The molecule has 0 aromatic heterocycles. The average molecular weight is 491 g/mol. The first-order valence-corrected chi connectivity index (χ1v) is 14.2. The first-order chi connectivity index (χ1) is 16.3. The van der Waals surface area contributed by atoms with Crippen molar-refractivity contribution in [1.29, 1.82) is 0 Å². The quantitative estimate of drug-likeness (QED) is 0.565. The van der Waals surface area contributed by atoms with Gasteiger partial charge >= 0.3 is 0 Å². The molecule has 188 valence electrons. The van der Waals surface area contributed by atoms with Crippen LogP contribution in [-0.4, -0.2) is 75.3 Å². The Hall–Kier alpha value is -1.97. The number of piperidine rings is 2. The number of benzene rings is 1. The predicted octanol–water partition coefficient (Wildman–Crippen LogP) is 2.38. The molecule has 3 heterocycles. The maximum atomic E-state index is 13.1. The lowest BCUT2D eigenvalue weighted by Gasteiger charge is -2.31. The summed E-state index contributed by atoms with van der Waals surface area (Å²) in [6, 6.07) is 4.95. The summed E-state index contributed by atoms with van der Waals surface area (Å²) in [7, 11) is -3.53. The molecule has 3 aliphatic heterocycles. The van der Waals surface area contributed by atoms with E-state index in [-0.39, 0.29) is 29.7 Å². The van der Waals surface area contributed by atoms with Gasteiger partial charge < -0.3 is 15.1 Å². The van der Waals surface area contributed by atoms with Gasteiger partial charge in [-0.25, -0.2) is 8.42 Å². The van der Waals surface area contributed by atoms with E-state index in [0.29, 0.717) is 31.7 Å². The van der Waals surface area contributed by atoms with Gasteiger partial charge in [0.2, 0.25) is 21.8 Å². The number of aryl methyl sites for hydroxylation is 1. The highest BCUT2D eigenvalue weighted by Crippen LogP contribution is 2.31. The van der Waals surface area contributed by atoms with Crippen molar-refractivity contribution in [3.63, 3.8) is 0 Å². The Morgan fingerprint density at radius 3 is 2.65 bits per heavy atom. The monoisotopic (exact) mass is 490 g/mol. The molecule has 1 atom stereocenters. The summed E-state index contributed by atoms with van der Waals surface area (Å²) >= 11 is 0. The lowest BCUT2D eigenvalue weighted by Crippen LogP contribution is -2.44. The van der Waals surface area contributed by atoms with E-state index in [1.807, 2.05) is 0 Å². The minimum atomic E-state index is -3.53. The maximum Gasteiger partial charge on any atom is 0.243 e. The number of carbonyl (C=O) groups is 2. The molecule has 1 aromatic rings. The van der Waals surface area contributed by atoms with Crippen molar-refractivity contribution in [2.45, 2.75) is 63.2 Å². The summed E-state index contributed by atoms with van der Waals surface area (Å²) < 4.78 is 27.7. The van der Waals surface area contributed by atoms with Gasteiger partial charge in [0.05, 0.1) is 4.90 Å². The van der Waals surface area contributed by atoms with E-state index in [1.165, 1.54) is 17.7 Å². The first-order valence-electron chi connectivity index (χ1n) is 12.8. The van der Waals surface area contributed by atoms with Crippen molar-refractivity contribution in [2.75, 3.05) is 50.7 Å². The molecule has 3 aliphatic rings. The van der Waals surface area contributed by atoms with Crippen molar-refractivity contribution < 1.29 is 18.0 Å². The molecule has 9 heteroatoms. The molecule has 0 radical (unpaired) electrons. The van der Waals surface area contributed by atoms with Gasteiger partial charge in [0.1, 0.15) is 6.54 Å². The van der Waals surface area contributed by atoms with Crippen LogP contribution >= 0.6 is 0 Å². The Bertz CT molecular complexity index is 991. The minimum absolute atomic E-state index is 0.0369. The largest absolute Gasteiger partial charge is 0.355 e. The Morgan fingerprint density at radius 1 is 1.09 bits per heavy atom. The maximum absolute atomic E-state index is 13.1. The molecule has 34 heavy (non-hydrogen) atoms. The average Bonchev–Trinajstić information content (AvgIpc) is 2.84. The zero-order chi connectivity index (χ0) is 24.1. The van der Waals surface area contributed by atoms with Gasteiger partial charge in [0.15, 0.2) is 0 Å². The highest BCUT2D eigenvalue weighted by molar-refractivity contribution is 7.89. The van der Waals surface area contributed by atoms with Crippen LogP contribution in [0.5, 0.6) is 0 Å². The number of nitrogens with zero attached hydrogens (tertiary/aromatic N) is 3. The molecule has 0 aliphatic carbocycles. The van der Waals surface area contributed by atoms with Gasteiger partial charge in [-0.3, -0.25) is 9.59 Å². The number of rotatable bonds is 8. The van der Waals surface area contributed by atoms with Crippen LogP contribution in [0.3, 0.4) is 0 Å². The van der Waals surface area contributed by atoms with Gasteiger partial charge in [0.25, 0.3) is 0 Å². The number of hydrogen-bond acceptors (Lipinski definition) is 5. The Kier molecular flexibility index (Phi) is 8.26. The van der Waals surface area contributed by atoms with Gasteiger partial charge in [0, 0.05) is 38.3 Å². The molecule has 0 bridgehead atoms. The summed E-state index contributed by atoms with van der Waals surface area (Å²) in [5.41, 5.74) is 1.45.